The van der Waals surface area contributed by atoms with Crippen molar-refractivity contribution in [1.29, 1.82) is 0 Å². The van der Waals surface area contributed by atoms with Crippen LogP contribution in [0.4, 0.5) is 10.1 Å². The van der Waals surface area contributed by atoms with Gasteiger partial charge in [-0.25, -0.2) is 9.18 Å². The number of Topliss-reactive ketones (excluding diaryl/α,β-unsaturated/α-hetero) is 1. The van der Waals surface area contributed by atoms with E-state index < -0.39 is 24.2 Å². The Balaban J connectivity index is 1.38. The molecule has 1 heterocycles. The van der Waals surface area contributed by atoms with Gasteiger partial charge in [0.1, 0.15) is 5.82 Å². The number of fused-ring (bicyclic) bond motifs is 1. The molecule has 0 aliphatic carbocycles. The van der Waals surface area contributed by atoms with Gasteiger partial charge in [0.15, 0.2) is 12.4 Å². The minimum absolute atomic E-state index is 0.209. The summed E-state index contributed by atoms with van der Waals surface area (Å²) in [4.78, 5) is 41.4. The summed E-state index contributed by atoms with van der Waals surface area (Å²) in [5, 5.41) is 3.35. The van der Waals surface area contributed by atoms with Gasteiger partial charge in [-0.2, -0.15) is 0 Å². The van der Waals surface area contributed by atoms with E-state index in [1.807, 2.05) is 6.07 Å². The number of ketones is 1. The summed E-state index contributed by atoms with van der Waals surface area (Å²) >= 11 is 0. The van der Waals surface area contributed by atoms with E-state index in [0.717, 1.165) is 0 Å². The number of pyridine rings is 1. The number of esters is 1. The topological polar surface area (TPSA) is 85.4 Å². The Kier molecular flexibility index (Phi) is 6.22. The molecule has 0 saturated carbocycles. The van der Waals surface area contributed by atoms with Crippen molar-refractivity contribution in [2.45, 2.75) is 6.92 Å². The van der Waals surface area contributed by atoms with Crippen LogP contribution in [-0.2, 0) is 4.74 Å². The Morgan fingerprint density at radius 1 is 0.909 bits per heavy atom. The number of nitrogens with zero attached hydrogens (tertiary/aromatic N) is 1. The molecule has 1 aromatic heterocycles. The van der Waals surface area contributed by atoms with Gasteiger partial charge in [-0.3, -0.25) is 14.6 Å². The van der Waals surface area contributed by atoms with E-state index in [9.17, 15) is 18.8 Å². The number of hydrogen-bond donors (Lipinski definition) is 1. The fourth-order valence-electron chi connectivity index (χ4n) is 3.27. The largest absolute Gasteiger partial charge is 0.454 e. The summed E-state index contributed by atoms with van der Waals surface area (Å²) in [5.74, 6) is -1.75. The zero-order valence-corrected chi connectivity index (χ0v) is 17.7. The molecule has 1 N–H and O–H groups in total. The molecule has 0 fully saturated rings. The molecular formula is C26H19FN2O4. The van der Waals surface area contributed by atoms with Crippen molar-refractivity contribution in [3.05, 3.63) is 107 Å². The number of rotatable bonds is 6. The molecule has 0 saturated heterocycles. The number of ether oxygens (including phenoxy) is 1. The van der Waals surface area contributed by atoms with E-state index in [0.29, 0.717) is 33.4 Å². The lowest BCUT2D eigenvalue weighted by atomic mass is 10.1. The molecule has 164 valence electrons. The second kappa shape index (κ2) is 9.40. The van der Waals surface area contributed by atoms with Gasteiger partial charge in [0.25, 0.3) is 5.91 Å². The molecule has 0 atom stereocenters. The average Bonchev–Trinajstić information content (AvgIpc) is 2.82. The van der Waals surface area contributed by atoms with Gasteiger partial charge in [-0.05, 0) is 61.5 Å². The smallest absolute Gasteiger partial charge is 0.340 e. The molecule has 4 rings (SSSR count). The molecule has 1 amide bonds. The van der Waals surface area contributed by atoms with E-state index in [2.05, 4.69) is 10.3 Å². The number of anilines is 1. The highest BCUT2D eigenvalue weighted by molar-refractivity contribution is 6.05. The summed E-state index contributed by atoms with van der Waals surface area (Å²) in [6, 6.07) is 20.7. The highest BCUT2D eigenvalue weighted by Gasteiger charge is 2.16. The first kappa shape index (κ1) is 21.8. The van der Waals surface area contributed by atoms with Gasteiger partial charge in [-0.1, -0.05) is 18.2 Å². The van der Waals surface area contributed by atoms with Gasteiger partial charge >= 0.3 is 5.97 Å². The van der Waals surface area contributed by atoms with Crippen LogP contribution < -0.4 is 5.32 Å². The summed E-state index contributed by atoms with van der Waals surface area (Å²) in [5.41, 5.74) is 2.41. The first-order valence-electron chi connectivity index (χ1n) is 10.1. The van der Waals surface area contributed by atoms with Crippen LogP contribution in [-0.4, -0.2) is 29.3 Å². The third kappa shape index (κ3) is 5.10. The van der Waals surface area contributed by atoms with Gasteiger partial charge < -0.3 is 10.1 Å². The number of hydrogen-bond acceptors (Lipinski definition) is 5. The molecule has 0 unspecified atom stereocenters. The third-order valence-corrected chi connectivity index (χ3v) is 5.03. The number of amides is 1. The molecule has 0 aliphatic heterocycles. The number of benzene rings is 3. The first-order chi connectivity index (χ1) is 15.9. The van der Waals surface area contributed by atoms with Crippen molar-refractivity contribution in [3.8, 4) is 0 Å². The highest BCUT2D eigenvalue weighted by Crippen LogP contribution is 2.19. The SMILES string of the molecule is Cc1nc2cc(F)ccc2cc1C(=O)OCC(=O)c1ccc(NC(=O)c2ccccc2)cc1. The molecule has 7 heteroatoms. The van der Waals surface area contributed by atoms with Crippen LogP contribution in [0.1, 0.15) is 36.8 Å². The van der Waals surface area contributed by atoms with Gasteiger partial charge in [0.2, 0.25) is 0 Å². The van der Waals surface area contributed by atoms with Crippen molar-refractivity contribution in [2.75, 3.05) is 11.9 Å². The molecule has 6 nitrogen and oxygen atoms in total. The lowest BCUT2D eigenvalue weighted by Crippen LogP contribution is -2.16. The summed E-state index contributed by atoms with van der Waals surface area (Å²) in [6.45, 7) is 1.17. The summed E-state index contributed by atoms with van der Waals surface area (Å²) < 4.78 is 18.6. The van der Waals surface area contributed by atoms with Crippen molar-refractivity contribution in [3.63, 3.8) is 0 Å². The molecule has 3 aromatic carbocycles. The van der Waals surface area contributed by atoms with Crippen LogP contribution in [0, 0.1) is 12.7 Å². The minimum Gasteiger partial charge on any atom is -0.454 e. The molecule has 33 heavy (non-hydrogen) atoms. The van der Waals surface area contributed by atoms with Crippen molar-refractivity contribution >= 4 is 34.3 Å². The van der Waals surface area contributed by atoms with E-state index in [1.54, 1.807) is 61.5 Å². The van der Waals surface area contributed by atoms with Crippen molar-refractivity contribution < 1.29 is 23.5 Å². The summed E-state index contributed by atoms with van der Waals surface area (Å²) in [7, 11) is 0. The monoisotopic (exact) mass is 442 g/mol. The standard InChI is InChI=1S/C26H19FN2O4/c1-16-22(13-19-7-10-20(27)14-23(19)28-16)26(32)33-15-24(30)17-8-11-21(12-9-17)29-25(31)18-5-3-2-4-6-18/h2-14H,15H2,1H3,(H,29,31). The quantitative estimate of drug-likeness (QED) is 0.336. The Morgan fingerprint density at radius 3 is 2.36 bits per heavy atom. The molecule has 0 spiro atoms. The maximum atomic E-state index is 13.4. The highest BCUT2D eigenvalue weighted by atomic mass is 19.1. The van der Waals surface area contributed by atoms with Crippen LogP contribution in [0.15, 0.2) is 78.9 Å². The molecule has 0 bridgehead atoms. The van der Waals surface area contributed by atoms with Crippen LogP contribution in [0.5, 0.6) is 0 Å². The minimum atomic E-state index is -0.689. The van der Waals surface area contributed by atoms with Gasteiger partial charge in [0, 0.05) is 28.3 Å². The fraction of sp³-hybridized carbons (Fsp3) is 0.0769. The zero-order chi connectivity index (χ0) is 23.4. The number of aromatic nitrogens is 1. The summed E-state index contributed by atoms with van der Waals surface area (Å²) in [6.07, 6.45) is 0. The predicted molar refractivity (Wildman–Crippen MR) is 122 cm³/mol. The number of halogens is 1. The average molecular weight is 442 g/mol. The Morgan fingerprint density at radius 2 is 1.64 bits per heavy atom. The van der Waals surface area contributed by atoms with Crippen LogP contribution >= 0.6 is 0 Å². The maximum Gasteiger partial charge on any atom is 0.340 e. The lowest BCUT2D eigenvalue weighted by molar-refractivity contribution is 0.0473. The number of aryl methyl sites for hydroxylation is 1. The van der Waals surface area contributed by atoms with Crippen LogP contribution in [0.2, 0.25) is 0 Å². The zero-order valence-electron chi connectivity index (χ0n) is 17.7. The molecule has 0 aliphatic rings. The van der Waals surface area contributed by atoms with Gasteiger partial charge in [0.05, 0.1) is 16.8 Å². The van der Waals surface area contributed by atoms with Crippen LogP contribution in [0.3, 0.4) is 0 Å². The number of carbonyl (C=O) groups is 3. The first-order valence-corrected chi connectivity index (χ1v) is 10.1. The van der Waals surface area contributed by atoms with E-state index >= 15 is 0 Å². The van der Waals surface area contributed by atoms with Crippen molar-refractivity contribution in [1.82, 2.24) is 4.98 Å². The lowest BCUT2D eigenvalue weighted by Gasteiger charge is -2.09. The van der Waals surface area contributed by atoms with E-state index in [-0.39, 0.29) is 11.5 Å². The normalized spacial score (nSPS) is 10.6. The molecule has 0 radical (unpaired) electrons. The van der Waals surface area contributed by atoms with E-state index in [1.165, 1.54) is 18.2 Å². The Bertz CT molecular complexity index is 1350. The van der Waals surface area contributed by atoms with Crippen molar-refractivity contribution in [2.24, 2.45) is 0 Å². The molecular weight excluding hydrogens is 423 g/mol. The van der Waals surface area contributed by atoms with Gasteiger partial charge in [-0.15, -0.1) is 0 Å². The molecule has 4 aromatic rings. The fourth-order valence-corrected chi connectivity index (χ4v) is 3.27. The number of carbonyl (C=O) groups excluding carboxylic acids is 3. The second-order valence-electron chi connectivity index (χ2n) is 7.36. The Hall–Kier alpha value is -4.39. The maximum absolute atomic E-state index is 13.4. The van der Waals surface area contributed by atoms with Crippen LogP contribution in [0.25, 0.3) is 10.9 Å². The van der Waals surface area contributed by atoms with E-state index in [4.69, 9.17) is 4.74 Å². The number of nitrogens with one attached hydrogen (secondary N) is 1. The Labute approximate surface area is 189 Å². The third-order valence-electron chi connectivity index (χ3n) is 5.03. The predicted octanol–water partition coefficient (Wildman–Crippen LogP) is 4.97. The second-order valence-corrected chi connectivity index (χ2v) is 7.36.